The summed E-state index contributed by atoms with van der Waals surface area (Å²) in [5, 5.41) is 13.5. The van der Waals surface area contributed by atoms with Crippen LogP contribution in [-0.2, 0) is 19.1 Å². The number of allylic oxidation sites excluding steroid dienone is 1. The van der Waals surface area contributed by atoms with E-state index in [-0.39, 0.29) is 31.0 Å². The SMILES string of the molecule is CCOC(=O)[C@H]1[C@H]2C(=O)N([C@@H](CO)[C@@H](C)CC)[C@H](C(=O)Nc3ccccc3Cl)[C@H]2C=C[C@H]1CC. The largest absolute Gasteiger partial charge is 0.466 e. The number of para-hydroxylation sites is 1. The number of ether oxygens (including phenoxy) is 1. The number of likely N-dealkylation sites (tertiary alicyclic amines) is 1. The predicted octanol–water partition coefficient (Wildman–Crippen LogP) is 3.90. The number of anilines is 1. The minimum atomic E-state index is -0.883. The van der Waals surface area contributed by atoms with E-state index in [2.05, 4.69) is 5.32 Å². The fourth-order valence-electron chi connectivity index (χ4n) is 5.33. The second-order valence-corrected chi connectivity index (χ2v) is 9.54. The first-order valence-corrected chi connectivity index (χ1v) is 12.5. The number of amides is 2. The quantitative estimate of drug-likeness (QED) is 0.404. The van der Waals surface area contributed by atoms with E-state index in [9.17, 15) is 19.5 Å². The molecule has 1 aliphatic heterocycles. The molecule has 2 N–H and O–H groups in total. The van der Waals surface area contributed by atoms with Crippen LogP contribution < -0.4 is 5.32 Å². The number of carbonyl (C=O) groups is 3. The van der Waals surface area contributed by atoms with E-state index in [1.807, 2.05) is 32.9 Å². The fraction of sp³-hybridized carbons (Fsp3) is 0.577. The van der Waals surface area contributed by atoms with Crippen LogP contribution in [0.3, 0.4) is 0 Å². The number of fused-ring (bicyclic) bond motifs is 1. The van der Waals surface area contributed by atoms with Crippen molar-refractivity contribution in [1.29, 1.82) is 0 Å². The van der Waals surface area contributed by atoms with Gasteiger partial charge < -0.3 is 20.1 Å². The Morgan fingerprint density at radius 2 is 1.91 bits per heavy atom. The van der Waals surface area contributed by atoms with Crippen LogP contribution in [-0.4, -0.2) is 53.1 Å². The highest BCUT2D eigenvalue weighted by Gasteiger charge is 2.59. The number of aliphatic hydroxyl groups excluding tert-OH is 1. The first-order valence-electron chi connectivity index (χ1n) is 12.1. The van der Waals surface area contributed by atoms with E-state index in [1.54, 1.807) is 31.2 Å². The Kier molecular flexibility index (Phi) is 8.77. The molecule has 1 aromatic carbocycles. The highest BCUT2D eigenvalue weighted by Crippen LogP contribution is 2.47. The normalized spacial score (nSPS) is 27.8. The maximum absolute atomic E-state index is 13.9. The summed E-state index contributed by atoms with van der Waals surface area (Å²) in [6.45, 7) is 7.58. The third kappa shape index (κ3) is 4.86. The van der Waals surface area contributed by atoms with Gasteiger partial charge in [-0.15, -0.1) is 0 Å². The summed E-state index contributed by atoms with van der Waals surface area (Å²) in [5.41, 5.74) is 0.447. The lowest BCUT2D eigenvalue weighted by Crippen LogP contribution is -2.52. The maximum atomic E-state index is 13.9. The third-order valence-corrected chi connectivity index (χ3v) is 7.65. The van der Waals surface area contributed by atoms with E-state index in [1.165, 1.54) is 4.90 Å². The molecule has 0 saturated carbocycles. The minimum Gasteiger partial charge on any atom is -0.466 e. The topological polar surface area (TPSA) is 95.9 Å². The Bertz CT molecular complexity index is 936. The van der Waals surface area contributed by atoms with Crippen LogP contribution >= 0.6 is 11.6 Å². The number of esters is 1. The van der Waals surface area contributed by atoms with Crippen LogP contribution in [0.2, 0.25) is 5.02 Å². The van der Waals surface area contributed by atoms with E-state index < -0.39 is 41.7 Å². The smallest absolute Gasteiger partial charge is 0.310 e. The van der Waals surface area contributed by atoms with E-state index in [4.69, 9.17) is 16.3 Å². The first-order chi connectivity index (χ1) is 16.3. The van der Waals surface area contributed by atoms with Crippen LogP contribution in [0.25, 0.3) is 0 Å². The molecule has 2 aliphatic rings. The Morgan fingerprint density at radius 1 is 1.21 bits per heavy atom. The number of aliphatic hydroxyl groups is 1. The van der Waals surface area contributed by atoms with Gasteiger partial charge in [-0.2, -0.15) is 0 Å². The molecule has 1 fully saturated rings. The summed E-state index contributed by atoms with van der Waals surface area (Å²) >= 11 is 6.27. The molecule has 1 saturated heterocycles. The Hall–Kier alpha value is -2.38. The molecule has 0 bridgehead atoms. The lowest BCUT2D eigenvalue weighted by Gasteiger charge is -2.36. The fourth-order valence-corrected chi connectivity index (χ4v) is 5.52. The van der Waals surface area contributed by atoms with Gasteiger partial charge in [0.2, 0.25) is 11.8 Å². The second-order valence-electron chi connectivity index (χ2n) is 9.13. The standard InChI is InChI=1S/C26H35ClN2O5/c1-5-15(4)20(14-30)29-23(24(31)28-19-11-9-8-10-18(19)27)17-13-12-16(6-2)21(22(17)25(29)32)26(33)34-7-3/h8-13,15-17,20-23,30H,5-7,14H2,1-4H3,(H,28,31)/t15-,16+,17-,20-,21+,22-,23-/m0/s1. The van der Waals surface area contributed by atoms with Crippen molar-refractivity contribution in [1.82, 2.24) is 4.90 Å². The van der Waals surface area contributed by atoms with Crippen LogP contribution in [0.15, 0.2) is 36.4 Å². The van der Waals surface area contributed by atoms with Crippen molar-refractivity contribution in [2.75, 3.05) is 18.5 Å². The van der Waals surface area contributed by atoms with Crippen LogP contribution in [0.5, 0.6) is 0 Å². The summed E-state index contributed by atoms with van der Waals surface area (Å²) in [6.07, 6.45) is 5.22. The van der Waals surface area contributed by atoms with Crippen LogP contribution in [0.1, 0.15) is 40.5 Å². The van der Waals surface area contributed by atoms with Crippen molar-refractivity contribution < 1.29 is 24.2 Å². The molecule has 7 atom stereocenters. The Balaban J connectivity index is 2.07. The van der Waals surface area contributed by atoms with E-state index in [0.29, 0.717) is 17.1 Å². The maximum Gasteiger partial charge on any atom is 0.310 e. The van der Waals surface area contributed by atoms with Gasteiger partial charge in [0.1, 0.15) is 6.04 Å². The molecule has 186 valence electrons. The van der Waals surface area contributed by atoms with Crippen LogP contribution in [0.4, 0.5) is 5.69 Å². The average molecular weight is 491 g/mol. The van der Waals surface area contributed by atoms with E-state index in [0.717, 1.165) is 6.42 Å². The number of carbonyl (C=O) groups excluding carboxylic acids is 3. The van der Waals surface area contributed by atoms with Gasteiger partial charge in [-0.05, 0) is 37.3 Å². The van der Waals surface area contributed by atoms with Gasteiger partial charge in [0.25, 0.3) is 0 Å². The average Bonchev–Trinajstić information content (AvgIpc) is 3.12. The number of nitrogens with zero attached hydrogens (tertiary/aromatic N) is 1. The first kappa shape index (κ1) is 26.2. The second kappa shape index (κ2) is 11.4. The van der Waals surface area contributed by atoms with Gasteiger partial charge in [0.15, 0.2) is 0 Å². The zero-order valence-corrected chi connectivity index (χ0v) is 21.0. The van der Waals surface area contributed by atoms with Crippen molar-refractivity contribution in [2.45, 2.75) is 52.6 Å². The minimum absolute atomic E-state index is 0.0447. The molecule has 7 nitrogen and oxygen atoms in total. The molecule has 8 heteroatoms. The number of benzene rings is 1. The molecule has 0 aromatic heterocycles. The summed E-state index contributed by atoms with van der Waals surface area (Å²) in [7, 11) is 0. The molecule has 1 heterocycles. The van der Waals surface area contributed by atoms with Gasteiger partial charge in [-0.1, -0.05) is 63.1 Å². The molecule has 0 radical (unpaired) electrons. The molecular formula is C26H35ClN2O5. The number of rotatable bonds is 9. The van der Waals surface area contributed by atoms with Crippen molar-refractivity contribution in [2.24, 2.45) is 29.6 Å². The molecular weight excluding hydrogens is 456 g/mol. The van der Waals surface area contributed by atoms with Crippen molar-refractivity contribution in [3.05, 3.63) is 41.4 Å². The number of hydrogen-bond donors (Lipinski definition) is 2. The predicted molar refractivity (Wildman–Crippen MR) is 131 cm³/mol. The highest BCUT2D eigenvalue weighted by atomic mass is 35.5. The number of hydrogen-bond acceptors (Lipinski definition) is 5. The molecule has 0 unspecified atom stereocenters. The van der Waals surface area contributed by atoms with Crippen molar-refractivity contribution in [3.8, 4) is 0 Å². The molecule has 0 spiro atoms. The van der Waals surface area contributed by atoms with Crippen LogP contribution in [0, 0.1) is 29.6 Å². The molecule has 2 amide bonds. The van der Waals surface area contributed by atoms with Gasteiger partial charge in [-0.3, -0.25) is 14.4 Å². The summed E-state index contributed by atoms with van der Waals surface area (Å²) in [5.74, 6) is -3.23. The summed E-state index contributed by atoms with van der Waals surface area (Å²) in [6, 6.07) is 5.47. The zero-order chi connectivity index (χ0) is 25.0. The lowest BCUT2D eigenvalue weighted by molar-refractivity contribution is -0.156. The summed E-state index contributed by atoms with van der Waals surface area (Å²) < 4.78 is 5.36. The van der Waals surface area contributed by atoms with Crippen molar-refractivity contribution in [3.63, 3.8) is 0 Å². The molecule has 34 heavy (non-hydrogen) atoms. The third-order valence-electron chi connectivity index (χ3n) is 7.32. The zero-order valence-electron chi connectivity index (χ0n) is 20.2. The van der Waals surface area contributed by atoms with Gasteiger partial charge >= 0.3 is 5.97 Å². The van der Waals surface area contributed by atoms with Crippen molar-refractivity contribution >= 4 is 35.1 Å². The van der Waals surface area contributed by atoms with Gasteiger partial charge in [0.05, 0.1) is 41.8 Å². The molecule has 3 rings (SSSR count). The van der Waals surface area contributed by atoms with E-state index >= 15 is 0 Å². The number of nitrogens with one attached hydrogen (secondary N) is 1. The monoisotopic (exact) mass is 490 g/mol. The van der Waals surface area contributed by atoms with Gasteiger partial charge in [-0.25, -0.2) is 0 Å². The molecule has 1 aliphatic carbocycles. The Labute approximate surface area is 206 Å². The van der Waals surface area contributed by atoms with Gasteiger partial charge in [0, 0.05) is 5.92 Å². The highest BCUT2D eigenvalue weighted by molar-refractivity contribution is 6.33. The molecule has 1 aromatic rings. The Morgan fingerprint density at radius 3 is 2.50 bits per heavy atom. The number of halogens is 1. The summed E-state index contributed by atoms with van der Waals surface area (Å²) in [4.78, 5) is 42.1. The lowest BCUT2D eigenvalue weighted by atomic mass is 9.69.